The second kappa shape index (κ2) is 6.19. The number of hydrogen-bond donors (Lipinski definition) is 2. The largest absolute Gasteiger partial charge is 0.356 e. The van der Waals surface area contributed by atoms with Crippen LogP contribution in [0.3, 0.4) is 0 Å². The minimum atomic E-state index is -3.57. The van der Waals surface area contributed by atoms with Crippen molar-refractivity contribution in [3.63, 3.8) is 0 Å². The van der Waals surface area contributed by atoms with Crippen LogP contribution in [-0.4, -0.2) is 42.4 Å². The maximum absolute atomic E-state index is 10.8. The van der Waals surface area contributed by atoms with Gasteiger partial charge in [0.2, 0.25) is 0 Å². The van der Waals surface area contributed by atoms with E-state index in [2.05, 4.69) is 19.6 Å². The van der Waals surface area contributed by atoms with Gasteiger partial charge in [0.15, 0.2) is 5.65 Å². The lowest BCUT2D eigenvalue weighted by Gasteiger charge is -2.32. The summed E-state index contributed by atoms with van der Waals surface area (Å²) >= 11 is 0. The fourth-order valence-electron chi connectivity index (χ4n) is 2.83. The Labute approximate surface area is 129 Å². The van der Waals surface area contributed by atoms with Gasteiger partial charge >= 0.3 is 0 Å². The standard InChI is InChI=1S/C13H20N6O2S/c14-22(20,21)16-5-1-11-2-6-18(7-3-11)12-4-8-19-10-15-9-13(19)17-12/h4,8-11,16H,1-3,5-7H2,(H2,14,20,21). The molecule has 0 radical (unpaired) electrons. The third-order valence-electron chi connectivity index (χ3n) is 4.05. The summed E-state index contributed by atoms with van der Waals surface area (Å²) in [5.74, 6) is 1.48. The smallest absolute Gasteiger partial charge is 0.274 e. The molecule has 8 nitrogen and oxygen atoms in total. The maximum Gasteiger partial charge on any atom is 0.274 e. The molecule has 9 heteroatoms. The van der Waals surface area contributed by atoms with Crippen LogP contribution in [0.15, 0.2) is 24.8 Å². The molecule has 1 saturated heterocycles. The molecule has 3 N–H and O–H groups in total. The Morgan fingerprint density at radius 2 is 2.14 bits per heavy atom. The normalized spacial score (nSPS) is 17.2. The summed E-state index contributed by atoms with van der Waals surface area (Å²) in [5.41, 5.74) is 0.844. The lowest BCUT2D eigenvalue weighted by Crippen LogP contribution is -2.36. The van der Waals surface area contributed by atoms with Crippen molar-refractivity contribution in [2.24, 2.45) is 11.1 Å². The van der Waals surface area contributed by atoms with Crippen LogP contribution in [0.4, 0.5) is 5.82 Å². The van der Waals surface area contributed by atoms with E-state index in [9.17, 15) is 8.42 Å². The van der Waals surface area contributed by atoms with E-state index < -0.39 is 10.2 Å². The minimum absolute atomic E-state index is 0.406. The Morgan fingerprint density at radius 1 is 1.36 bits per heavy atom. The first-order valence-electron chi connectivity index (χ1n) is 7.32. The summed E-state index contributed by atoms with van der Waals surface area (Å²) in [7, 11) is -3.57. The van der Waals surface area contributed by atoms with Gasteiger partial charge in [-0.2, -0.15) is 8.42 Å². The molecule has 1 aliphatic heterocycles. The fraction of sp³-hybridized carbons (Fsp3) is 0.538. The van der Waals surface area contributed by atoms with Crippen molar-refractivity contribution in [2.75, 3.05) is 24.5 Å². The van der Waals surface area contributed by atoms with Crippen LogP contribution in [0.2, 0.25) is 0 Å². The average Bonchev–Trinajstić information content (AvgIpc) is 2.94. The highest BCUT2D eigenvalue weighted by Gasteiger charge is 2.20. The van der Waals surface area contributed by atoms with Gasteiger partial charge in [-0.15, -0.1) is 0 Å². The molecule has 2 aromatic rings. The summed E-state index contributed by atoms with van der Waals surface area (Å²) in [6.07, 6.45) is 8.31. The molecule has 0 spiro atoms. The van der Waals surface area contributed by atoms with Crippen LogP contribution in [0.1, 0.15) is 19.3 Å². The molecule has 0 unspecified atom stereocenters. The van der Waals surface area contributed by atoms with E-state index >= 15 is 0 Å². The first kappa shape index (κ1) is 15.2. The maximum atomic E-state index is 10.8. The van der Waals surface area contributed by atoms with Crippen LogP contribution in [0.5, 0.6) is 0 Å². The van der Waals surface area contributed by atoms with E-state index in [0.29, 0.717) is 12.5 Å². The van der Waals surface area contributed by atoms with Crippen molar-refractivity contribution in [3.8, 4) is 0 Å². The molecule has 120 valence electrons. The first-order valence-corrected chi connectivity index (χ1v) is 8.87. The second-order valence-corrected chi connectivity index (χ2v) is 6.98. The molecule has 3 rings (SSSR count). The number of nitrogens with zero attached hydrogens (tertiary/aromatic N) is 4. The molecule has 0 saturated carbocycles. The van der Waals surface area contributed by atoms with Crippen molar-refractivity contribution in [2.45, 2.75) is 19.3 Å². The van der Waals surface area contributed by atoms with Crippen molar-refractivity contribution in [1.82, 2.24) is 19.1 Å². The Balaban J connectivity index is 1.53. The molecule has 0 amide bonds. The lowest BCUT2D eigenvalue weighted by molar-refractivity contribution is 0.380. The molecule has 2 aromatic heterocycles. The monoisotopic (exact) mass is 324 g/mol. The Bertz CT molecular complexity index is 736. The molecule has 0 aliphatic carbocycles. The van der Waals surface area contributed by atoms with Gasteiger partial charge in [0.25, 0.3) is 10.2 Å². The number of nitrogens with two attached hydrogens (primary N) is 1. The van der Waals surface area contributed by atoms with E-state index in [1.807, 2.05) is 16.7 Å². The number of piperidine rings is 1. The van der Waals surface area contributed by atoms with Gasteiger partial charge in [0.05, 0.1) is 6.20 Å². The molecule has 3 heterocycles. The SMILES string of the molecule is NS(=O)(=O)NCCC1CCN(c2ccn3cncc3n2)CC1. The predicted octanol–water partition coefficient (Wildman–Crippen LogP) is 0.129. The van der Waals surface area contributed by atoms with Gasteiger partial charge in [-0.1, -0.05) is 0 Å². The van der Waals surface area contributed by atoms with Crippen molar-refractivity contribution in [1.29, 1.82) is 0 Å². The Morgan fingerprint density at radius 3 is 2.86 bits per heavy atom. The fourth-order valence-corrected chi connectivity index (χ4v) is 3.24. The van der Waals surface area contributed by atoms with Gasteiger partial charge in [-0.05, 0) is 31.2 Å². The van der Waals surface area contributed by atoms with E-state index in [1.54, 1.807) is 12.5 Å². The van der Waals surface area contributed by atoms with Gasteiger partial charge < -0.3 is 4.90 Å². The van der Waals surface area contributed by atoms with Crippen LogP contribution in [0.25, 0.3) is 5.65 Å². The second-order valence-electron chi connectivity index (χ2n) is 5.60. The summed E-state index contributed by atoms with van der Waals surface area (Å²) in [5, 5.41) is 4.92. The van der Waals surface area contributed by atoms with Crippen LogP contribution < -0.4 is 14.8 Å². The highest BCUT2D eigenvalue weighted by atomic mass is 32.2. The molecule has 1 aliphatic rings. The van der Waals surface area contributed by atoms with Gasteiger partial charge in [-0.25, -0.2) is 19.8 Å². The van der Waals surface area contributed by atoms with Gasteiger partial charge in [-0.3, -0.25) is 4.40 Å². The number of rotatable bonds is 5. The van der Waals surface area contributed by atoms with E-state index in [-0.39, 0.29) is 0 Å². The number of fused-ring (bicyclic) bond motifs is 1. The molecule has 0 aromatic carbocycles. The number of anilines is 1. The summed E-state index contributed by atoms with van der Waals surface area (Å²) in [6.45, 7) is 2.26. The van der Waals surface area contributed by atoms with Crippen LogP contribution in [-0.2, 0) is 10.2 Å². The zero-order valence-corrected chi connectivity index (χ0v) is 13.0. The third-order valence-corrected chi connectivity index (χ3v) is 4.66. The highest BCUT2D eigenvalue weighted by molar-refractivity contribution is 7.87. The van der Waals surface area contributed by atoms with Crippen LogP contribution in [0, 0.1) is 5.92 Å². The van der Waals surface area contributed by atoms with Gasteiger partial charge in [0.1, 0.15) is 12.1 Å². The van der Waals surface area contributed by atoms with Crippen molar-refractivity contribution in [3.05, 3.63) is 24.8 Å². The quantitative estimate of drug-likeness (QED) is 0.813. The summed E-state index contributed by atoms with van der Waals surface area (Å²) in [4.78, 5) is 10.9. The number of aromatic nitrogens is 3. The van der Waals surface area contributed by atoms with Gasteiger partial charge in [0, 0.05) is 25.8 Å². The molecule has 0 atom stereocenters. The van der Waals surface area contributed by atoms with E-state index in [1.165, 1.54) is 0 Å². The Hall–Kier alpha value is -1.71. The number of imidazole rings is 1. The zero-order valence-electron chi connectivity index (χ0n) is 12.2. The third kappa shape index (κ3) is 3.73. The highest BCUT2D eigenvalue weighted by Crippen LogP contribution is 2.24. The predicted molar refractivity (Wildman–Crippen MR) is 83.7 cm³/mol. The number of nitrogens with one attached hydrogen (secondary N) is 1. The van der Waals surface area contributed by atoms with E-state index in [0.717, 1.165) is 43.8 Å². The molecule has 0 bridgehead atoms. The Kier molecular flexibility index (Phi) is 4.27. The topological polar surface area (TPSA) is 106 Å². The molecular weight excluding hydrogens is 304 g/mol. The lowest BCUT2D eigenvalue weighted by atomic mass is 9.94. The summed E-state index contributed by atoms with van der Waals surface area (Å²) < 4.78 is 25.9. The first-order chi connectivity index (χ1) is 10.5. The van der Waals surface area contributed by atoms with Crippen molar-refractivity contribution < 1.29 is 8.42 Å². The molecule has 1 fully saturated rings. The summed E-state index contributed by atoms with van der Waals surface area (Å²) in [6, 6.07) is 2.00. The van der Waals surface area contributed by atoms with Crippen LogP contribution >= 0.6 is 0 Å². The minimum Gasteiger partial charge on any atom is -0.356 e. The van der Waals surface area contributed by atoms with E-state index in [4.69, 9.17) is 5.14 Å². The number of hydrogen-bond acceptors (Lipinski definition) is 5. The molecular formula is C13H20N6O2S. The molecule has 22 heavy (non-hydrogen) atoms. The average molecular weight is 324 g/mol. The zero-order chi connectivity index (χ0) is 15.6. The van der Waals surface area contributed by atoms with Crippen molar-refractivity contribution >= 4 is 21.7 Å².